The highest BCUT2D eigenvalue weighted by Gasteiger charge is 2.36. The molecule has 5 heteroatoms. The Morgan fingerprint density at radius 3 is 2.50 bits per heavy atom. The van der Waals surface area contributed by atoms with Crippen LogP contribution in [-0.2, 0) is 0 Å². The van der Waals surface area contributed by atoms with Crippen molar-refractivity contribution >= 4 is 5.91 Å². The zero-order valence-electron chi connectivity index (χ0n) is 11.4. The van der Waals surface area contributed by atoms with Crippen molar-refractivity contribution in [3.05, 3.63) is 35.4 Å². The van der Waals surface area contributed by atoms with Crippen LogP contribution < -0.4 is 5.32 Å². The second kappa shape index (κ2) is 5.13. The summed E-state index contributed by atoms with van der Waals surface area (Å²) in [6, 6.07) is 4.16. The van der Waals surface area contributed by atoms with Crippen molar-refractivity contribution in [2.24, 2.45) is 0 Å². The van der Waals surface area contributed by atoms with Crippen LogP contribution in [0.4, 0.5) is 8.78 Å². The lowest BCUT2D eigenvalue weighted by molar-refractivity contribution is 0.0677. The number of nitrogens with one attached hydrogen (secondary N) is 1. The van der Waals surface area contributed by atoms with E-state index in [1.807, 2.05) is 0 Å². The number of piperidine rings is 1. The molecule has 2 unspecified atom stereocenters. The molecule has 2 atom stereocenters. The van der Waals surface area contributed by atoms with Gasteiger partial charge in [-0.3, -0.25) is 4.79 Å². The van der Waals surface area contributed by atoms with E-state index < -0.39 is 11.6 Å². The average Bonchev–Trinajstić information content (AvgIpc) is 2.76. The second-order valence-electron chi connectivity index (χ2n) is 5.80. The summed E-state index contributed by atoms with van der Waals surface area (Å²) in [4.78, 5) is 14.0. The molecule has 20 heavy (non-hydrogen) atoms. The molecule has 2 heterocycles. The van der Waals surface area contributed by atoms with Gasteiger partial charge in [-0.15, -0.1) is 0 Å². The van der Waals surface area contributed by atoms with Gasteiger partial charge in [0.1, 0.15) is 11.6 Å². The van der Waals surface area contributed by atoms with E-state index in [4.69, 9.17) is 0 Å². The summed E-state index contributed by atoms with van der Waals surface area (Å²) in [5.41, 5.74) is -0.0558. The summed E-state index contributed by atoms with van der Waals surface area (Å²) in [5.74, 6) is -1.82. The van der Waals surface area contributed by atoms with Crippen LogP contribution in [0.15, 0.2) is 18.2 Å². The number of hydrogen-bond donors (Lipinski definition) is 1. The molecule has 0 saturated carbocycles. The number of carbonyl (C=O) groups is 1. The van der Waals surface area contributed by atoms with Gasteiger partial charge in [0.15, 0.2) is 0 Å². The number of halogens is 2. The van der Waals surface area contributed by atoms with Gasteiger partial charge in [0.05, 0.1) is 5.56 Å². The molecular weight excluding hydrogens is 262 g/mol. The van der Waals surface area contributed by atoms with E-state index in [1.165, 1.54) is 6.07 Å². The Morgan fingerprint density at radius 1 is 1.25 bits per heavy atom. The standard InChI is InChI=1S/C15H18F2N2O/c1-19(12-7-10-3-4-11(8-12)18-10)15(20)13-5-2-9(16)6-14(13)17/h2,5-6,10-12,18H,3-4,7-8H2,1H3. The molecule has 2 aliphatic rings. The van der Waals surface area contributed by atoms with Gasteiger partial charge in [-0.05, 0) is 37.8 Å². The van der Waals surface area contributed by atoms with Crippen LogP contribution in [0.2, 0.25) is 0 Å². The minimum absolute atomic E-state index is 0.0558. The molecule has 2 aliphatic heterocycles. The fourth-order valence-corrected chi connectivity index (χ4v) is 3.36. The topological polar surface area (TPSA) is 32.3 Å². The van der Waals surface area contributed by atoms with Crippen LogP contribution in [0.25, 0.3) is 0 Å². The zero-order valence-corrected chi connectivity index (χ0v) is 11.4. The van der Waals surface area contributed by atoms with E-state index >= 15 is 0 Å². The molecule has 0 aromatic heterocycles. The summed E-state index contributed by atoms with van der Waals surface area (Å²) in [6.07, 6.45) is 4.10. The van der Waals surface area contributed by atoms with Gasteiger partial charge in [-0.25, -0.2) is 8.78 Å². The highest BCUT2D eigenvalue weighted by molar-refractivity contribution is 5.94. The Hall–Kier alpha value is -1.49. The first-order valence-electron chi connectivity index (χ1n) is 7.03. The zero-order chi connectivity index (χ0) is 14.3. The fraction of sp³-hybridized carbons (Fsp3) is 0.533. The Balaban J connectivity index is 1.76. The van der Waals surface area contributed by atoms with Crippen molar-refractivity contribution < 1.29 is 13.6 Å². The average molecular weight is 280 g/mol. The first-order chi connectivity index (χ1) is 9.54. The molecule has 1 N–H and O–H groups in total. The van der Waals surface area contributed by atoms with Crippen molar-refractivity contribution in [3.8, 4) is 0 Å². The fourth-order valence-electron chi connectivity index (χ4n) is 3.36. The molecule has 2 fully saturated rings. The monoisotopic (exact) mass is 280 g/mol. The minimum Gasteiger partial charge on any atom is -0.339 e. The van der Waals surface area contributed by atoms with Gasteiger partial charge < -0.3 is 10.2 Å². The molecule has 108 valence electrons. The highest BCUT2D eigenvalue weighted by Crippen LogP contribution is 2.30. The number of rotatable bonds is 2. The second-order valence-corrected chi connectivity index (χ2v) is 5.80. The van der Waals surface area contributed by atoms with E-state index in [2.05, 4.69) is 5.32 Å². The molecule has 0 aliphatic carbocycles. The largest absolute Gasteiger partial charge is 0.339 e. The van der Waals surface area contributed by atoms with Gasteiger partial charge in [0.2, 0.25) is 0 Å². The third-order valence-electron chi connectivity index (χ3n) is 4.48. The van der Waals surface area contributed by atoms with Crippen molar-refractivity contribution in [1.82, 2.24) is 10.2 Å². The molecule has 2 bridgehead atoms. The van der Waals surface area contributed by atoms with Gasteiger partial charge in [0, 0.05) is 31.2 Å². The number of nitrogens with zero attached hydrogens (tertiary/aromatic N) is 1. The first kappa shape index (κ1) is 13.5. The first-order valence-corrected chi connectivity index (χ1v) is 7.03. The Labute approximate surface area is 117 Å². The van der Waals surface area contributed by atoms with Crippen LogP contribution in [0.5, 0.6) is 0 Å². The van der Waals surface area contributed by atoms with Crippen LogP contribution in [0.1, 0.15) is 36.0 Å². The summed E-state index contributed by atoms with van der Waals surface area (Å²) in [6.45, 7) is 0. The van der Waals surface area contributed by atoms with E-state index in [-0.39, 0.29) is 17.5 Å². The van der Waals surface area contributed by atoms with Gasteiger partial charge in [0.25, 0.3) is 5.91 Å². The maximum Gasteiger partial charge on any atom is 0.256 e. The van der Waals surface area contributed by atoms with E-state index in [0.29, 0.717) is 12.1 Å². The summed E-state index contributed by atoms with van der Waals surface area (Å²) >= 11 is 0. The Kier molecular flexibility index (Phi) is 3.46. The summed E-state index contributed by atoms with van der Waals surface area (Å²) in [7, 11) is 1.71. The number of hydrogen-bond acceptors (Lipinski definition) is 2. The number of benzene rings is 1. The molecule has 1 aromatic rings. The highest BCUT2D eigenvalue weighted by atomic mass is 19.1. The lowest BCUT2D eigenvalue weighted by atomic mass is 9.98. The van der Waals surface area contributed by atoms with Crippen LogP contribution in [0, 0.1) is 11.6 Å². The molecule has 1 aromatic carbocycles. The molecular formula is C15H18F2N2O. The molecule has 1 amide bonds. The number of fused-ring (bicyclic) bond motifs is 2. The maximum absolute atomic E-state index is 13.7. The van der Waals surface area contributed by atoms with Gasteiger partial charge in [-0.1, -0.05) is 0 Å². The van der Waals surface area contributed by atoms with E-state index in [0.717, 1.165) is 37.8 Å². The number of carbonyl (C=O) groups excluding carboxylic acids is 1. The molecule has 3 nitrogen and oxygen atoms in total. The van der Waals surface area contributed by atoms with E-state index in [9.17, 15) is 13.6 Å². The minimum atomic E-state index is -0.793. The Morgan fingerprint density at radius 2 is 1.90 bits per heavy atom. The van der Waals surface area contributed by atoms with Crippen molar-refractivity contribution in [3.63, 3.8) is 0 Å². The summed E-state index contributed by atoms with van der Waals surface area (Å²) < 4.78 is 26.6. The normalized spacial score (nSPS) is 28.4. The third-order valence-corrected chi connectivity index (χ3v) is 4.48. The summed E-state index contributed by atoms with van der Waals surface area (Å²) in [5, 5.41) is 3.51. The lowest BCUT2D eigenvalue weighted by Crippen LogP contribution is -2.48. The van der Waals surface area contributed by atoms with Gasteiger partial charge in [-0.2, -0.15) is 0 Å². The third kappa shape index (κ3) is 2.42. The maximum atomic E-state index is 13.7. The van der Waals surface area contributed by atoms with Crippen molar-refractivity contribution in [1.29, 1.82) is 0 Å². The van der Waals surface area contributed by atoms with E-state index in [1.54, 1.807) is 11.9 Å². The van der Waals surface area contributed by atoms with Crippen molar-refractivity contribution in [2.45, 2.75) is 43.8 Å². The number of amides is 1. The molecule has 0 radical (unpaired) electrons. The Bertz CT molecular complexity index is 523. The predicted molar refractivity (Wildman–Crippen MR) is 71.4 cm³/mol. The molecule has 0 spiro atoms. The molecule has 2 saturated heterocycles. The quantitative estimate of drug-likeness (QED) is 0.901. The van der Waals surface area contributed by atoms with Crippen LogP contribution in [0.3, 0.4) is 0 Å². The van der Waals surface area contributed by atoms with Gasteiger partial charge >= 0.3 is 0 Å². The van der Waals surface area contributed by atoms with Crippen LogP contribution in [-0.4, -0.2) is 36.0 Å². The van der Waals surface area contributed by atoms with Crippen LogP contribution >= 0.6 is 0 Å². The molecule has 3 rings (SSSR count). The SMILES string of the molecule is CN(C(=O)c1ccc(F)cc1F)C1CC2CCC(C1)N2. The van der Waals surface area contributed by atoms with Crippen molar-refractivity contribution in [2.75, 3.05) is 7.05 Å². The predicted octanol–water partition coefficient (Wildman–Crippen LogP) is 2.32. The smallest absolute Gasteiger partial charge is 0.256 e. The lowest BCUT2D eigenvalue weighted by Gasteiger charge is -2.35.